The van der Waals surface area contributed by atoms with E-state index in [9.17, 15) is 14.7 Å². The molecule has 3 rings (SSSR count). The molecule has 2 heterocycles. The Kier molecular flexibility index (Phi) is 2.78. The number of piperidine rings is 1. The predicted molar refractivity (Wildman–Crippen MR) is 68.2 cm³/mol. The van der Waals surface area contributed by atoms with E-state index in [0.717, 1.165) is 19.3 Å². The largest absolute Gasteiger partial charge is 0.359 e. The van der Waals surface area contributed by atoms with Crippen LogP contribution in [0.1, 0.15) is 35.2 Å². The number of likely N-dealkylation sites (tertiary alicyclic amines) is 1. The van der Waals surface area contributed by atoms with Crippen LogP contribution in [0.5, 0.6) is 0 Å². The van der Waals surface area contributed by atoms with Gasteiger partial charge in [0.15, 0.2) is 0 Å². The minimum Gasteiger partial charge on any atom is -0.359 e. The fourth-order valence-electron chi connectivity index (χ4n) is 2.79. The lowest BCUT2D eigenvalue weighted by molar-refractivity contribution is -0.155. The van der Waals surface area contributed by atoms with Crippen LogP contribution in [0.4, 0.5) is 0 Å². The summed E-state index contributed by atoms with van der Waals surface area (Å²) in [6.45, 7) is 1.28. The van der Waals surface area contributed by atoms with E-state index in [-0.39, 0.29) is 0 Å². The van der Waals surface area contributed by atoms with Gasteiger partial charge in [0.2, 0.25) is 5.72 Å². The van der Waals surface area contributed by atoms with Gasteiger partial charge in [-0.1, -0.05) is 18.2 Å². The number of hydrogen-bond acceptors (Lipinski definition) is 3. The third-order valence-corrected chi connectivity index (χ3v) is 3.81. The molecule has 1 aromatic rings. The molecule has 2 amide bonds. The van der Waals surface area contributed by atoms with Crippen LogP contribution in [0.25, 0.3) is 0 Å². The van der Waals surface area contributed by atoms with Gasteiger partial charge >= 0.3 is 0 Å². The molecule has 1 saturated heterocycles. The molecule has 2 N–H and O–H groups in total. The van der Waals surface area contributed by atoms with Gasteiger partial charge in [-0.25, -0.2) is 0 Å². The lowest BCUT2D eigenvalue weighted by Crippen LogP contribution is -2.54. The minimum atomic E-state index is -1.90. The van der Waals surface area contributed by atoms with Crippen LogP contribution in [0.2, 0.25) is 0 Å². The molecular formula is C14H16N2O3. The first-order chi connectivity index (χ1) is 9.13. The molecule has 100 valence electrons. The van der Waals surface area contributed by atoms with Crippen molar-refractivity contribution in [2.45, 2.75) is 25.0 Å². The van der Waals surface area contributed by atoms with Crippen LogP contribution in [-0.4, -0.2) is 34.9 Å². The van der Waals surface area contributed by atoms with E-state index in [1.807, 2.05) is 0 Å². The van der Waals surface area contributed by atoms with Crippen LogP contribution in [0.3, 0.4) is 0 Å². The average molecular weight is 260 g/mol. The fraction of sp³-hybridized carbons (Fsp3) is 0.429. The molecule has 0 spiro atoms. The molecule has 0 bridgehead atoms. The Morgan fingerprint density at radius 2 is 1.89 bits per heavy atom. The Balaban J connectivity index is 1.95. The van der Waals surface area contributed by atoms with Crippen molar-refractivity contribution in [2.75, 3.05) is 13.1 Å². The monoisotopic (exact) mass is 260 g/mol. The summed E-state index contributed by atoms with van der Waals surface area (Å²) in [7, 11) is 0. The second kappa shape index (κ2) is 4.35. The molecule has 2 aliphatic rings. The first-order valence-corrected chi connectivity index (χ1v) is 6.57. The number of amides is 2. The van der Waals surface area contributed by atoms with Crippen molar-refractivity contribution in [1.29, 1.82) is 0 Å². The fourth-order valence-corrected chi connectivity index (χ4v) is 2.79. The third kappa shape index (κ3) is 1.81. The highest BCUT2D eigenvalue weighted by Gasteiger charge is 2.49. The van der Waals surface area contributed by atoms with E-state index in [0.29, 0.717) is 24.2 Å². The molecule has 19 heavy (non-hydrogen) atoms. The number of hydrogen-bond donors (Lipinski definition) is 2. The number of fused-ring (bicyclic) bond motifs is 1. The number of nitrogens with one attached hydrogen (secondary N) is 1. The maximum absolute atomic E-state index is 12.5. The number of nitrogens with zero attached hydrogens (tertiary/aromatic N) is 1. The Labute approximate surface area is 111 Å². The van der Waals surface area contributed by atoms with Crippen molar-refractivity contribution in [3.05, 3.63) is 35.4 Å². The van der Waals surface area contributed by atoms with Crippen molar-refractivity contribution in [3.8, 4) is 0 Å². The van der Waals surface area contributed by atoms with Gasteiger partial charge < -0.3 is 15.3 Å². The summed E-state index contributed by atoms with van der Waals surface area (Å²) in [5.74, 6) is -0.825. The van der Waals surface area contributed by atoms with Gasteiger partial charge in [0, 0.05) is 24.2 Å². The SMILES string of the molecule is O=C1NC(O)(C(=O)N2CCCCC2)c2ccccc21. The number of carbonyl (C=O) groups is 2. The van der Waals surface area contributed by atoms with Gasteiger partial charge in [0.1, 0.15) is 0 Å². The number of aliphatic hydroxyl groups is 1. The van der Waals surface area contributed by atoms with Crippen LogP contribution in [0, 0.1) is 0 Å². The highest BCUT2D eigenvalue weighted by molar-refractivity contribution is 6.06. The Morgan fingerprint density at radius 3 is 2.63 bits per heavy atom. The van der Waals surface area contributed by atoms with Crippen LogP contribution in [0.15, 0.2) is 24.3 Å². The molecule has 1 unspecified atom stereocenters. The summed E-state index contributed by atoms with van der Waals surface area (Å²) in [5, 5.41) is 13.0. The molecule has 1 aromatic carbocycles. The first kappa shape index (κ1) is 12.2. The lowest BCUT2D eigenvalue weighted by Gasteiger charge is -2.33. The summed E-state index contributed by atoms with van der Waals surface area (Å²) in [5.41, 5.74) is -1.17. The van der Waals surface area contributed by atoms with Crippen LogP contribution in [-0.2, 0) is 10.5 Å². The molecule has 1 atom stereocenters. The third-order valence-electron chi connectivity index (χ3n) is 3.81. The van der Waals surface area contributed by atoms with E-state index < -0.39 is 17.5 Å². The average Bonchev–Trinajstić information content (AvgIpc) is 2.72. The topological polar surface area (TPSA) is 69.6 Å². The zero-order valence-electron chi connectivity index (χ0n) is 10.6. The first-order valence-electron chi connectivity index (χ1n) is 6.57. The zero-order chi connectivity index (χ0) is 13.5. The molecule has 0 saturated carbocycles. The molecule has 0 aliphatic carbocycles. The van der Waals surface area contributed by atoms with Crippen molar-refractivity contribution >= 4 is 11.8 Å². The normalized spacial score (nSPS) is 25.9. The number of benzene rings is 1. The van der Waals surface area contributed by atoms with Crippen LogP contribution < -0.4 is 5.32 Å². The van der Waals surface area contributed by atoms with Crippen molar-refractivity contribution in [2.24, 2.45) is 0 Å². The standard InChI is InChI=1S/C14H16N2O3/c17-12-10-6-2-3-7-11(10)14(19,15-12)13(18)16-8-4-1-5-9-16/h2-3,6-7,19H,1,4-5,8-9H2,(H,15,17). The molecular weight excluding hydrogens is 244 g/mol. The van der Waals surface area contributed by atoms with Gasteiger partial charge in [0.05, 0.1) is 0 Å². The van der Waals surface area contributed by atoms with Gasteiger partial charge in [-0.2, -0.15) is 0 Å². The smallest absolute Gasteiger partial charge is 0.280 e. The predicted octanol–water partition coefficient (Wildman–Crippen LogP) is 0.588. The van der Waals surface area contributed by atoms with E-state index in [1.54, 1.807) is 29.2 Å². The van der Waals surface area contributed by atoms with E-state index in [2.05, 4.69) is 5.32 Å². The lowest BCUT2D eigenvalue weighted by atomic mass is 9.99. The van der Waals surface area contributed by atoms with Gasteiger partial charge in [0.25, 0.3) is 11.8 Å². The van der Waals surface area contributed by atoms with E-state index in [4.69, 9.17) is 0 Å². The highest BCUT2D eigenvalue weighted by atomic mass is 16.3. The summed E-state index contributed by atoms with van der Waals surface area (Å²) in [6.07, 6.45) is 2.99. The zero-order valence-corrected chi connectivity index (χ0v) is 10.6. The molecule has 2 aliphatic heterocycles. The Bertz CT molecular complexity index is 537. The number of rotatable bonds is 1. The maximum Gasteiger partial charge on any atom is 0.280 e. The van der Waals surface area contributed by atoms with Crippen LogP contribution >= 0.6 is 0 Å². The molecule has 0 radical (unpaired) electrons. The summed E-state index contributed by atoms with van der Waals surface area (Å²) < 4.78 is 0. The second-order valence-corrected chi connectivity index (χ2v) is 5.06. The van der Waals surface area contributed by atoms with E-state index in [1.165, 1.54) is 0 Å². The highest BCUT2D eigenvalue weighted by Crippen LogP contribution is 2.31. The molecule has 5 nitrogen and oxygen atoms in total. The second-order valence-electron chi connectivity index (χ2n) is 5.06. The Morgan fingerprint density at radius 1 is 1.21 bits per heavy atom. The maximum atomic E-state index is 12.5. The van der Waals surface area contributed by atoms with Gasteiger partial charge in [-0.15, -0.1) is 0 Å². The van der Waals surface area contributed by atoms with Gasteiger partial charge in [-0.3, -0.25) is 9.59 Å². The van der Waals surface area contributed by atoms with E-state index >= 15 is 0 Å². The molecule has 5 heteroatoms. The Hall–Kier alpha value is -1.88. The minimum absolute atomic E-state index is 0.357. The molecule has 1 fully saturated rings. The summed E-state index contributed by atoms with van der Waals surface area (Å²) in [4.78, 5) is 25.9. The van der Waals surface area contributed by atoms with Crippen molar-refractivity contribution in [1.82, 2.24) is 10.2 Å². The summed E-state index contributed by atoms with van der Waals surface area (Å²) in [6, 6.07) is 6.67. The van der Waals surface area contributed by atoms with Crippen molar-refractivity contribution in [3.63, 3.8) is 0 Å². The molecule has 0 aromatic heterocycles. The quantitative estimate of drug-likeness (QED) is 0.776. The van der Waals surface area contributed by atoms with Gasteiger partial charge in [-0.05, 0) is 25.3 Å². The number of carbonyl (C=O) groups excluding carboxylic acids is 2. The summed E-state index contributed by atoms with van der Waals surface area (Å²) >= 11 is 0. The van der Waals surface area contributed by atoms with Crippen molar-refractivity contribution < 1.29 is 14.7 Å².